The molecule has 2 rings (SSSR count). The second-order valence-electron chi connectivity index (χ2n) is 4.97. The first-order valence-corrected chi connectivity index (χ1v) is 6.04. The highest BCUT2D eigenvalue weighted by molar-refractivity contribution is 6.28. The molecule has 4 heteroatoms. The lowest BCUT2D eigenvalue weighted by Crippen LogP contribution is -2.26. The Bertz CT molecular complexity index is 320. The number of nitrogens with zero attached hydrogens (tertiary/aromatic N) is 3. The lowest BCUT2D eigenvalue weighted by Gasteiger charge is -2.34. The molecule has 84 valence electrons. The van der Waals surface area contributed by atoms with Crippen LogP contribution in [0.4, 0.5) is 0 Å². The number of halogens is 1. The highest BCUT2D eigenvalue weighted by atomic mass is 35.5. The molecule has 3 nitrogen and oxygen atoms in total. The molecule has 0 aliphatic heterocycles. The van der Waals surface area contributed by atoms with Crippen molar-refractivity contribution >= 4 is 11.6 Å². The third-order valence-corrected chi connectivity index (χ3v) is 3.77. The van der Waals surface area contributed by atoms with Gasteiger partial charge in [0.25, 0.3) is 0 Å². The summed E-state index contributed by atoms with van der Waals surface area (Å²) < 4.78 is 2.03. The second-order valence-corrected chi connectivity index (χ2v) is 5.31. The fraction of sp³-hybridized carbons (Fsp3) is 0.818. The molecule has 0 spiro atoms. The van der Waals surface area contributed by atoms with E-state index in [-0.39, 0.29) is 0 Å². The summed E-state index contributed by atoms with van der Waals surface area (Å²) in [5.74, 6) is 0.923. The Morgan fingerprint density at radius 2 is 1.93 bits per heavy atom. The van der Waals surface area contributed by atoms with E-state index in [1.54, 1.807) is 0 Å². The monoisotopic (exact) mass is 227 g/mol. The van der Waals surface area contributed by atoms with Crippen LogP contribution in [-0.4, -0.2) is 14.8 Å². The van der Waals surface area contributed by atoms with Crippen molar-refractivity contribution < 1.29 is 0 Å². The van der Waals surface area contributed by atoms with Crippen LogP contribution in [0.25, 0.3) is 0 Å². The van der Waals surface area contributed by atoms with E-state index in [1.165, 1.54) is 32.1 Å². The molecule has 1 fully saturated rings. The van der Waals surface area contributed by atoms with E-state index in [0.717, 1.165) is 12.4 Å². The van der Waals surface area contributed by atoms with Crippen molar-refractivity contribution in [2.24, 2.45) is 5.41 Å². The first-order chi connectivity index (χ1) is 7.11. The SMILES string of the molecule is Cc1nnc(Cl)n1CC1(C)CCCCC1. The third-order valence-electron chi connectivity index (χ3n) is 3.49. The standard InChI is InChI=1S/C11H18ClN3/c1-9-13-14-10(12)15(9)8-11(2)6-4-3-5-7-11/h3-8H2,1-2H3. The largest absolute Gasteiger partial charge is 0.301 e. The van der Waals surface area contributed by atoms with Crippen LogP contribution in [-0.2, 0) is 6.54 Å². The zero-order valence-corrected chi connectivity index (χ0v) is 10.2. The molecule has 0 atom stereocenters. The van der Waals surface area contributed by atoms with Crippen LogP contribution in [0.15, 0.2) is 0 Å². The molecule has 1 aliphatic rings. The molecule has 1 aromatic rings. The van der Waals surface area contributed by atoms with Gasteiger partial charge in [-0.05, 0) is 36.8 Å². The fourth-order valence-electron chi connectivity index (χ4n) is 2.48. The van der Waals surface area contributed by atoms with Gasteiger partial charge < -0.3 is 4.57 Å². The summed E-state index contributed by atoms with van der Waals surface area (Å²) >= 11 is 6.02. The van der Waals surface area contributed by atoms with Crippen molar-refractivity contribution in [1.29, 1.82) is 0 Å². The van der Waals surface area contributed by atoms with Crippen LogP contribution in [0, 0.1) is 12.3 Å². The fourth-order valence-corrected chi connectivity index (χ4v) is 2.70. The van der Waals surface area contributed by atoms with Gasteiger partial charge in [-0.25, -0.2) is 0 Å². The van der Waals surface area contributed by atoms with Crippen molar-refractivity contribution in [1.82, 2.24) is 14.8 Å². The third kappa shape index (κ3) is 2.33. The van der Waals surface area contributed by atoms with Crippen LogP contribution in [0.2, 0.25) is 5.28 Å². The van der Waals surface area contributed by atoms with Crippen molar-refractivity contribution in [2.45, 2.75) is 52.5 Å². The first-order valence-electron chi connectivity index (χ1n) is 5.66. The van der Waals surface area contributed by atoms with Crippen molar-refractivity contribution in [3.63, 3.8) is 0 Å². The molecule has 0 saturated heterocycles. The number of aryl methyl sites for hydroxylation is 1. The van der Waals surface area contributed by atoms with E-state index >= 15 is 0 Å². The highest BCUT2D eigenvalue weighted by Crippen LogP contribution is 2.37. The molecule has 1 aromatic heterocycles. The Morgan fingerprint density at radius 3 is 2.47 bits per heavy atom. The van der Waals surface area contributed by atoms with Gasteiger partial charge in [0.15, 0.2) is 0 Å². The summed E-state index contributed by atoms with van der Waals surface area (Å²) in [6.45, 7) is 5.28. The molecule has 0 bridgehead atoms. The molecule has 1 saturated carbocycles. The lowest BCUT2D eigenvalue weighted by atomic mass is 9.75. The minimum atomic E-state index is 0.384. The summed E-state index contributed by atoms with van der Waals surface area (Å²) in [5, 5.41) is 8.41. The van der Waals surface area contributed by atoms with Crippen LogP contribution < -0.4 is 0 Å². The number of aromatic nitrogens is 3. The van der Waals surface area contributed by atoms with Crippen molar-refractivity contribution in [2.75, 3.05) is 0 Å². The van der Waals surface area contributed by atoms with Gasteiger partial charge >= 0.3 is 0 Å². The average molecular weight is 228 g/mol. The Hall–Kier alpha value is -0.570. The van der Waals surface area contributed by atoms with Gasteiger partial charge in [-0.15, -0.1) is 10.2 Å². The van der Waals surface area contributed by atoms with Gasteiger partial charge in [0.2, 0.25) is 5.28 Å². The van der Waals surface area contributed by atoms with Gasteiger partial charge in [0.1, 0.15) is 5.82 Å². The van der Waals surface area contributed by atoms with E-state index in [0.29, 0.717) is 10.7 Å². The lowest BCUT2D eigenvalue weighted by molar-refractivity contribution is 0.182. The van der Waals surface area contributed by atoms with Crippen molar-refractivity contribution in [3.05, 3.63) is 11.1 Å². The minimum Gasteiger partial charge on any atom is -0.301 e. The maximum atomic E-state index is 6.02. The van der Waals surface area contributed by atoms with Crippen LogP contribution in [0.1, 0.15) is 44.9 Å². The molecule has 0 unspecified atom stereocenters. The van der Waals surface area contributed by atoms with E-state index in [9.17, 15) is 0 Å². The first kappa shape index (κ1) is 10.9. The van der Waals surface area contributed by atoms with E-state index in [1.807, 2.05) is 11.5 Å². The van der Waals surface area contributed by atoms with E-state index in [2.05, 4.69) is 17.1 Å². The van der Waals surface area contributed by atoms with E-state index in [4.69, 9.17) is 11.6 Å². The number of hydrogen-bond acceptors (Lipinski definition) is 2. The number of hydrogen-bond donors (Lipinski definition) is 0. The van der Waals surface area contributed by atoms with Gasteiger partial charge in [0, 0.05) is 6.54 Å². The molecule has 15 heavy (non-hydrogen) atoms. The predicted molar refractivity (Wildman–Crippen MR) is 61.0 cm³/mol. The highest BCUT2D eigenvalue weighted by Gasteiger charge is 2.28. The Morgan fingerprint density at radius 1 is 1.27 bits per heavy atom. The van der Waals surface area contributed by atoms with Crippen LogP contribution in [0.5, 0.6) is 0 Å². The quantitative estimate of drug-likeness (QED) is 0.777. The van der Waals surface area contributed by atoms with E-state index < -0.39 is 0 Å². The molecule has 1 heterocycles. The topological polar surface area (TPSA) is 30.7 Å². The van der Waals surface area contributed by atoms with Gasteiger partial charge in [0.05, 0.1) is 0 Å². The Balaban J connectivity index is 2.13. The van der Waals surface area contributed by atoms with Crippen LogP contribution >= 0.6 is 11.6 Å². The maximum Gasteiger partial charge on any atom is 0.225 e. The maximum absolute atomic E-state index is 6.02. The predicted octanol–water partition coefficient (Wildman–Crippen LogP) is 3.21. The number of rotatable bonds is 2. The zero-order valence-electron chi connectivity index (χ0n) is 9.46. The van der Waals surface area contributed by atoms with Crippen molar-refractivity contribution in [3.8, 4) is 0 Å². The van der Waals surface area contributed by atoms with Gasteiger partial charge in [-0.3, -0.25) is 0 Å². The smallest absolute Gasteiger partial charge is 0.225 e. The molecular formula is C11H18ClN3. The summed E-state index contributed by atoms with van der Waals surface area (Å²) in [6, 6.07) is 0. The van der Waals surface area contributed by atoms with Gasteiger partial charge in [-0.1, -0.05) is 26.2 Å². The minimum absolute atomic E-state index is 0.384. The molecule has 0 aromatic carbocycles. The Labute approximate surface area is 95.8 Å². The summed E-state index contributed by atoms with van der Waals surface area (Å²) in [5.41, 5.74) is 0.384. The Kier molecular flexibility index (Phi) is 3.01. The summed E-state index contributed by atoms with van der Waals surface area (Å²) in [4.78, 5) is 0. The summed E-state index contributed by atoms with van der Waals surface area (Å²) in [7, 11) is 0. The molecule has 0 radical (unpaired) electrons. The second kappa shape index (κ2) is 4.12. The average Bonchev–Trinajstić information content (AvgIpc) is 2.50. The summed E-state index contributed by atoms with van der Waals surface area (Å²) in [6.07, 6.45) is 6.65. The molecular weight excluding hydrogens is 210 g/mol. The van der Waals surface area contributed by atoms with Crippen LogP contribution in [0.3, 0.4) is 0 Å². The van der Waals surface area contributed by atoms with Gasteiger partial charge in [-0.2, -0.15) is 0 Å². The molecule has 1 aliphatic carbocycles. The normalized spacial score (nSPS) is 20.5. The molecule has 0 N–H and O–H groups in total. The zero-order chi connectivity index (χ0) is 10.9. The molecule has 0 amide bonds.